The van der Waals surface area contributed by atoms with E-state index in [1.165, 1.54) is 0 Å². The summed E-state index contributed by atoms with van der Waals surface area (Å²) < 4.78 is 10.2. The molecule has 2 aromatic heterocycles. The third-order valence-corrected chi connectivity index (χ3v) is 2.76. The van der Waals surface area contributed by atoms with Crippen LogP contribution in [0.25, 0.3) is 6.08 Å². The molecule has 0 saturated carbocycles. The second kappa shape index (κ2) is 5.54. The van der Waals surface area contributed by atoms with E-state index in [0.29, 0.717) is 12.2 Å². The molecule has 0 aromatic carbocycles. The highest BCUT2D eigenvalue weighted by Crippen LogP contribution is 2.16. The Bertz CT molecular complexity index is 532. The molecule has 0 aliphatic carbocycles. The molecule has 0 aliphatic heterocycles. The molecule has 1 atom stereocenters. The van der Waals surface area contributed by atoms with E-state index in [4.69, 9.17) is 8.83 Å². The van der Waals surface area contributed by atoms with Crippen LogP contribution in [0.4, 0.5) is 0 Å². The smallest absolute Gasteiger partial charge is 0.201 e. The normalized spacial score (nSPS) is 13.0. The number of ketones is 1. The van der Waals surface area contributed by atoms with Gasteiger partial charge in [-0.1, -0.05) is 19.1 Å². The number of hydrogen-bond donors (Lipinski definition) is 0. The first kappa shape index (κ1) is 12.4. The topological polar surface area (TPSA) is 43.4 Å². The molecule has 0 amide bonds. The van der Waals surface area contributed by atoms with E-state index >= 15 is 0 Å². The number of rotatable bonds is 5. The van der Waals surface area contributed by atoms with Gasteiger partial charge >= 0.3 is 0 Å². The minimum Gasteiger partial charge on any atom is -0.472 e. The molecule has 0 bridgehead atoms. The fourth-order valence-electron chi connectivity index (χ4n) is 1.69. The van der Waals surface area contributed by atoms with Crippen LogP contribution >= 0.6 is 0 Å². The second-order valence-electron chi connectivity index (χ2n) is 4.45. The molecule has 0 fully saturated rings. The van der Waals surface area contributed by atoms with Gasteiger partial charge in [0.25, 0.3) is 0 Å². The van der Waals surface area contributed by atoms with E-state index in [-0.39, 0.29) is 11.7 Å². The van der Waals surface area contributed by atoms with Crippen molar-refractivity contribution >= 4 is 11.9 Å². The molecule has 3 nitrogen and oxygen atoms in total. The minimum absolute atomic E-state index is 0.0416. The van der Waals surface area contributed by atoms with Crippen LogP contribution in [0.15, 0.2) is 45.8 Å². The van der Waals surface area contributed by atoms with Gasteiger partial charge in [-0.25, -0.2) is 0 Å². The van der Waals surface area contributed by atoms with E-state index in [9.17, 15) is 4.79 Å². The summed E-state index contributed by atoms with van der Waals surface area (Å²) in [4.78, 5) is 12.0. The first-order valence-electron chi connectivity index (χ1n) is 5.95. The van der Waals surface area contributed by atoms with Crippen molar-refractivity contribution in [1.82, 2.24) is 0 Å². The number of allylic oxidation sites excluding steroid dienone is 1. The maximum Gasteiger partial charge on any atom is 0.201 e. The number of aryl methyl sites for hydroxylation is 1. The predicted octanol–water partition coefficient (Wildman–Crippen LogP) is 4.10. The molecule has 0 N–H and O–H groups in total. The molecule has 0 saturated heterocycles. The standard InChI is InChI=1S/C15H16O3/c1-11-8-14(18-9-11)15(16)12(2)4-3-5-13-6-7-17-10-13/h3,5-10,12H,4H2,1-2H3/b5-3+/t12-/m0/s1. The zero-order chi connectivity index (χ0) is 13.0. The second-order valence-corrected chi connectivity index (χ2v) is 4.45. The molecule has 3 heteroatoms. The molecule has 2 heterocycles. The summed E-state index contributed by atoms with van der Waals surface area (Å²) in [5.41, 5.74) is 1.97. The van der Waals surface area contributed by atoms with Crippen molar-refractivity contribution in [2.75, 3.05) is 0 Å². The van der Waals surface area contributed by atoms with Crippen LogP contribution in [0.1, 0.15) is 35.0 Å². The Morgan fingerprint density at radius 1 is 1.44 bits per heavy atom. The number of carbonyl (C=O) groups excluding carboxylic acids is 1. The van der Waals surface area contributed by atoms with Gasteiger partial charge in [-0.15, -0.1) is 0 Å². The van der Waals surface area contributed by atoms with E-state index in [1.807, 2.05) is 32.1 Å². The fourth-order valence-corrected chi connectivity index (χ4v) is 1.69. The Kier molecular flexibility index (Phi) is 3.82. The predicted molar refractivity (Wildman–Crippen MR) is 69.3 cm³/mol. The van der Waals surface area contributed by atoms with Crippen LogP contribution in [-0.4, -0.2) is 5.78 Å². The van der Waals surface area contributed by atoms with E-state index < -0.39 is 0 Å². The summed E-state index contributed by atoms with van der Waals surface area (Å²) in [6.45, 7) is 3.81. The lowest BCUT2D eigenvalue weighted by atomic mass is 10.00. The molecular formula is C15H16O3. The van der Waals surface area contributed by atoms with E-state index in [1.54, 1.807) is 24.9 Å². The van der Waals surface area contributed by atoms with Gasteiger partial charge in [0.05, 0.1) is 18.8 Å². The van der Waals surface area contributed by atoms with Crippen molar-refractivity contribution in [3.05, 3.63) is 53.9 Å². The zero-order valence-corrected chi connectivity index (χ0v) is 10.6. The summed E-state index contributed by atoms with van der Waals surface area (Å²) in [6.07, 6.45) is 9.49. The average Bonchev–Trinajstić information content (AvgIpc) is 2.99. The summed E-state index contributed by atoms with van der Waals surface area (Å²) in [7, 11) is 0. The summed E-state index contributed by atoms with van der Waals surface area (Å²) in [6, 6.07) is 3.65. The Labute approximate surface area is 106 Å². The number of carbonyl (C=O) groups is 1. The average molecular weight is 244 g/mol. The molecule has 2 aromatic rings. The lowest BCUT2D eigenvalue weighted by molar-refractivity contribution is 0.0903. The highest BCUT2D eigenvalue weighted by atomic mass is 16.3. The van der Waals surface area contributed by atoms with Gasteiger partial charge in [0.2, 0.25) is 5.78 Å². The van der Waals surface area contributed by atoms with E-state index in [2.05, 4.69) is 0 Å². The zero-order valence-electron chi connectivity index (χ0n) is 10.6. The maximum atomic E-state index is 12.0. The molecular weight excluding hydrogens is 228 g/mol. The number of hydrogen-bond acceptors (Lipinski definition) is 3. The number of furan rings is 2. The monoisotopic (exact) mass is 244 g/mol. The summed E-state index contributed by atoms with van der Waals surface area (Å²) in [5.74, 6) is 0.398. The first-order valence-corrected chi connectivity index (χ1v) is 5.95. The van der Waals surface area contributed by atoms with Gasteiger partial charge < -0.3 is 8.83 Å². The number of Topliss-reactive ketones (excluding diaryl/α,β-unsaturated/α-hetero) is 1. The van der Waals surface area contributed by atoms with Crippen molar-refractivity contribution in [3.63, 3.8) is 0 Å². The van der Waals surface area contributed by atoms with Crippen molar-refractivity contribution in [1.29, 1.82) is 0 Å². The summed E-state index contributed by atoms with van der Waals surface area (Å²) >= 11 is 0. The van der Waals surface area contributed by atoms with Crippen molar-refractivity contribution in [2.24, 2.45) is 5.92 Å². The van der Waals surface area contributed by atoms with Gasteiger partial charge in [0.15, 0.2) is 5.76 Å². The Balaban J connectivity index is 1.92. The third kappa shape index (κ3) is 3.00. The maximum absolute atomic E-state index is 12.0. The van der Waals surface area contributed by atoms with Crippen molar-refractivity contribution < 1.29 is 13.6 Å². The van der Waals surface area contributed by atoms with Gasteiger partial charge in [-0.3, -0.25) is 4.79 Å². The van der Waals surface area contributed by atoms with Crippen LogP contribution in [-0.2, 0) is 0 Å². The molecule has 2 rings (SSSR count). The Morgan fingerprint density at radius 2 is 2.28 bits per heavy atom. The Hall–Kier alpha value is -2.03. The fraction of sp³-hybridized carbons (Fsp3) is 0.267. The molecule has 94 valence electrons. The molecule has 0 unspecified atom stereocenters. The van der Waals surface area contributed by atoms with Crippen LogP contribution in [0.3, 0.4) is 0 Å². The van der Waals surface area contributed by atoms with E-state index in [0.717, 1.165) is 11.1 Å². The van der Waals surface area contributed by atoms with Crippen LogP contribution in [0, 0.1) is 12.8 Å². The largest absolute Gasteiger partial charge is 0.472 e. The lowest BCUT2D eigenvalue weighted by Crippen LogP contribution is -2.09. The molecule has 0 aliphatic rings. The summed E-state index contributed by atoms with van der Waals surface area (Å²) in [5, 5.41) is 0. The Morgan fingerprint density at radius 3 is 2.89 bits per heavy atom. The quantitative estimate of drug-likeness (QED) is 0.743. The molecule has 0 spiro atoms. The SMILES string of the molecule is Cc1coc(C(=O)[C@@H](C)C/C=C/c2ccoc2)c1. The lowest BCUT2D eigenvalue weighted by Gasteiger charge is -2.04. The highest BCUT2D eigenvalue weighted by Gasteiger charge is 2.16. The van der Waals surface area contributed by atoms with Crippen molar-refractivity contribution in [2.45, 2.75) is 20.3 Å². The molecule has 18 heavy (non-hydrogen) atoms. The molecule has 0 radical (unpaired) electrons. The van der Waals surface area contributed by atoms with Gasteiger partial charge in [-0.2, -0.15) is 0 Å². The highest BCUT2D eigenvalue weighted by molar-refractivity contribution is 5.95. The van der Waals surface area contributed by atoms with Crippen molar-refractivity contribution in [3.8, 4) is 0 Å². The first-order chi connectivity index (χ1) is 8.66. The third-order valence-electron chi connectivity index (χ3n) is 2.76. The van der Waals surface area contributed by atoms with Gasteiger partial charge in [0.1, 0.15) is 0 Å². The van der Waals surface area contributed by atoms with Crippen LogP contribution < -0.4 is 0 Å². The van der Waals surface area contributed by atoms with Crippen LogP contribution in [0.2, 0.25) is 0 Å². The minimum atomic E-state index is -0.0845. The van der Waals surface area contributed by atoms with Gasteiger partial charge in [-0.05, 0) is 31.0 Å². The van der Waals surface area contributed by atoms with Crippen LogP contribution in [0.5, 0.6) is 0 Å². The van der Waals surface area contributed by atoms with Gasteiger partial charge in [0, 0.05) is 11.5 Å².